The molecule has 1 aliphatic heterocycles. The van der Waals surface area contributed by atoms with Gasteiger partial charge in [0.25, 0.3) is 5.91 Å². The molecule has 23 heavy (non-hydrogen) atoms. The van der Waals surface area contributed by atoms with Crippen LogP contribution in [0.1, 0.15) is 42.0 Å². The van der Waals surface area contributed by atoms with Crippen LogP contribution in [0, 0.1) is 6.92 Å². The van der Waals surface area contributed by atoms with Crippen molar-refractivity contribution < 1.29 is 4.79 Å². The van der Waals surface area contributed by atoms with Crippen LogP contribution in [-0.2, 0) is 4.79 Å². The molecule has 2 aromatic rings. The molecular formula is C20H20N2O. The number of aryl methyl sites for hydroxylation is 1. The summed E-state index contributed by atoms with van der Waals surface area (Å²) in [5, 5.41) is 2.85. The Labute approximate surface area is 136 Å². The lowest BCUT2D eigenvalue weighted by Gasteiger charge is -2.04. The largest absolute Gasteiger partial charge is 0.305 e. The van der Waals surface area contributed by atoms with Crippen LogP contribution in [0.5, 0.6) is 0 Å². The van der Waals surface area contributed by atoms with Crippen molar-refractivity contribution in [1.82, 2.24) is 5.32 Å². The van der Waals surface area contributed by atoms with Gasteiger partial charge in [-0.25, -0.2) is 4.99 Å². The maximum atomic E-state index is 12.2. The zero-order valence-corrected chi connectivity index (χ0v) is 13.6. The first-order chi connectivity index (χ1) is 11.0. The fourth-order valence-electron chi connectivity index (χ4n) is 2.57. The topological polar surface area (TPSA) is 41.5 Å². The van der Waals surface area contributed by atoms with E-state index < -0.39 is 0 Å². The standard InChI is InChI=1S/C20H20N2O/c1-13(2)16-10-8-15(9-11-16)12-18-20(23)22-19(21-18)17-7-5-4-6-14(17)3/h4-13H,1-3H3,(H,21,22,23)/b18-12+. The van der Waals surface area contributed by atoms with Crippen molar-refractivity contribution in [3.63, 3.8) is 0 Å². The van der Waals surface area contributed by atoms with Crippen LogP contribution in [0.2, 0.25) is 0 Å². The minimum atomic E-state index is -0.156. The molecule has 116 valence electrons. The lowest BCUT2D eigenvalue weighted by atomic mass is 10.0. The highest BCUT2D eigenvalue weighted by molar-refractivity contribution is 6.20. The molecule has 3 nitrogen and oxygen atoms in total. The third-order valence-electron chi connectivity index (χ3n) is 4.00. The van der Waals surface area contributed by atoms with Gasteiger partial charge >= 0.3 is 0 Å². The number of carbonyl (C=O) groups is 1. The Bertz CT molecular complexity index is 799. The number of nitrogens with zero attached hydrogens (tertiary/aromatic N) is 1. The van der Waals surface area contributed by atoms with Crippen molar-refractivity contribution in [2.45, 2.75) is 26.7 Å². The minimum Gasteiger partial charge on any atom is -0.305 e. The van der Waals surface area contributed by atoms with Crippen LogP contribution in [0.4, 0.5) is 0 Å². The van der Waals surface area contributed by atoms with Gasteiger partial charge in [-0.2, -0.15) is 0 Å². The number of hydrogen-bond donors (Lipinski definition) is 1. The van der Waals surface area contributed by atoms with Crippen LogP contribution in [0.3, 0.4) is 0 Å². The molecule has 0 aliphatic carbocycles. The van der Waals surface area contributed by atoms with Crippen molar-refractivity contribution in [3.8, 4) is 0 Å². The van der Waals surface area contributed by atoms with E-state index in [1.54, 1.807) is 0 Å². The molecule has 0 saturated heterocycles. The van der Waals surface area contributed by atoms with Crippen molar-refractivity contribution in [1.29, 1.82) is 0 Å². The van der Waals surface area contributed by atoms with Gasteiger partial charge < -0.3 is 5.32 Å². The zero-order valence-electron chi connectivity index (χ0n) is 13.6. The van der Waals surface area contributed by atoms with Gasteiger partial charge in [0.2, 0.25) is 0 Å². The lowest BCUT2D eigenvalue weighted by molar-refractivity contribution is -0.115. The van der Waals surface area contributed by atoms with Crippen molar-refractivity contribution in [2.75, 3.05) is 0 Å². The average molecular weight is 304 g/mol. The summed E-state index contributed by atoms with van der Waals surface area (Å²) in [5.41, 5.74) is 4.76. The van der Waals surface area contributed by atoms with Gasteiger partial charge in [0.15, 0.2) is 0 Å². The molecular weight excluding hydrogens is 284 g/mol. The molecule has 0 fully saturated rings. The van der Waals surface area contributed by atoms with E-state index in [9.17, 15) is 4.79 Å². The smallest absolute Gasteiger partial charge is 0.275 e. The second-order valence-electron chi connectivity index (χ2n) is 6.08. The second kappa shape index (κ2) is 6.21. The molecule has 0 bridgehead atoms. The average Bonchev–Trinajstić information content (AvgIpc) is 2.89. The highest BCUT2D eigenvalue weighted by atomic mass is 16.2. The molecule has 0 spiro atoms. The Balaban J connectivity index is 1.90. The Morgan fingerprint density at radius 1 is 1.04 bits per heavy atom. The summed E-state index contributed by atoms with van der Waals surface area (Å²) in [7, 11) is 0. The van der Waals surface area contributed by atoms with Crippen LogP contribution >= 0.6 is 0 Å². The Morgan fingerprint density at radius 3 is 2.39 bits per heavy atom. The molecule has 2 aromatic carbocycles. The van der Waals surface area contributed by atoms with E-state index in [2.05, 4.69) is 36.3 Å². The Hall–Kier alpha value is -2.68. The van der Waals surface area contributed by atoms with Gasteiger partial charge in [0.1, 0.15) is 11.5 Å². The summed E-state index contributed by atoms with van der Waals surface area (Å²) in [6, 6.07) is 16.1. The number of rotatable bonds is 3. The molecule has 1 aliphatic rings. The Morgan fingerprint density at radius 2 is 1.74 bits per heavy atom. The summed E-state index contributed by atoms with van der Waals surface area (Å²) >= 11 is 0. The number of carbonyl (C=O) groups excluding carboxylic acids is 1. The summed E-state index contributed by atoms with van der Waals surface area (Å²) < 4.78 is 0. The number of aliphatic imine (C=N–C) groups is 1. The summed E-state index contributed by atoms with van der Waals surface area (Å²) in [4.78, 5) is 16.6. The van der Waals surface area contributed by atoms with E-state index in [4.69, 9.17) is 0 Å². The lowest BCUT2D eigenvalue weighted by Crippen LogP contribution is -2.25. The van der Waals surface area contributed by atoms with Crippen LogP contribution in [0.15, 0.2) is 59.2 Å². The van der Waals surface area contributed by atoms with E-state index >= 15 is 0 Å². The SMILES string of the molecule is Cc1ccccc1C1=N/C(=C/c2ccc(C(C)C)cc2)C(=O)N1. The van der Waals surface area contributed by atoms with Gasteiger partial charge in [0.05, 0.1) is 0 Å². The number of hydrogen-bond acceptors (Lipinski definition) is 2. The van der Waals surface area contributed by atoms with E-state index in [1.165, 1.54) is 5.56 Å². The summed E-state index contributed by atoms with van der Waals surface area (Å²) in [5.74, 6) is 0.964. The first kappa shape index (κ1) is 15.2. The van der Waals surface area contributed by atoms with E-state index in [0.717, 1.165) is 16.7 Å². The summed E-state index contributed by atoms with van der Waals surface area (Å²) in [6.07, 6.45) is 1.82. The zero-order chi connectivity index (χ0) is 16.4. The third-order valence-corrected chi connectivity index (χ3v) is 4.00. The van der Waals surface area contributed by atoms with E-state index in [0.29, 0.717) is 17.5 Å². The molecule has 1 amide bonds. The molecule has 0 radical (unpaired) electrons. The predicted molar refractivity (Wildman–Crippen MR) is 94.4 cm³/mol. The first-order valence-corrected chi connectivity index (χ1v) is 7.82. The van der Waals surface area contributed by atoms with Gasteiger partial charge in [-0.15, -0.1) is 0 Å². The van der Waals surface area contributed by atoms with Crippen LogP contribution in [-0.4, -0.2) is 11.7 Å². The number of nitrogens with one attached hydrogen (secondary N) is 1. The van der Waals surface area contributed by atoms with Gasteiger partial charge in [0, 0.05) is 5.56 Å². The molecule has 0 atom stereocenters. The van der Waals surface area contributed by atoms with Gasteiger partial charge in [-0.1, -0.05) is 62.4 Å². The molecule has 1 N–H and O–H groups in total. The van der Waals surface area contributed by atoms with Crippen molar-refractivity contribution in [2.24, 2.45) is 4.99 Å². The fraction of sp³-hybridized carbons (Fsp3) is 0.200. The maximum Gasteiger partial charge on any atom is 0.275 e. The minimum absolute atomic E-state index is 0.156. The number of amides is 1. The fourth-order valence-corrected chi connectivity index (χ4v) is 2.57. The number of benzene rings is 2. The molecule has 1 heterocycles. The van der Waals surface area contributed by atoms with Crippen molar-refractivity contribution >= 4 is 17.8 Å². The van der Waals surface area contributed by atoms with Gasteiger partial charge in [-0.3, -0.25) is 4.79 Å². The highest BCUT2D eigenvalue weighted by Crippen LogP contribution is 2.19. The number of amidine groups is 1. The first-order valence-electron chi connectivity index (χ1n) is 7.82. The Kier molecular flexibility index (Phi) is 4.11. The molecule has 3 rings (SSSR count). The maximum absolute atomic E-state index is 12.2. The molecule has 0 saturated carbocycles. The second-order valence-corrected chi connectivity index (χ2v) is 6.08. The summed E-state index contributed by atoms with van der Waals surface area (Å²) in [6.45, 7) is 6.34. The molecule has 0 aromatic heterocycles. The van der Waals surface area contributed by atoms with Crippen molar-refractivity contribution in [3.05, 3.63) is 76.5 Å². The molecule has 3 heteroatoms. The predicted octanol–water partition coefficient (Wildman–Crippen LogP) is 4.04. The van der Waals surface area contributed by atoms with E-state index in [1.807, 2.05) is 49.4 Å². The van der Waals surface area contributed by atoms with E-state index in [-0.39, 0.29) is 5.91 Å². The highest BCUT2D eigenvalue weighted by Gasteiger charge is 2.21. The quantitative estimate of drug-likeness (QED) is 0.854. The molecule has 0 unspecified atom stereocenters. The van der Waals surface area contributed by atoms with Gasteiger partial charge in [-0.05, 0) is 35.6 Å². The third kappa shape index (κ3) is 3.24. The van der Waals surface area contributed by atoms with Crippen LogP contribution in [0.25, 0.3) is 6.08 Å². The van der Waals surface area contributed by atoms with Crippen LogP contribution < -0.4 is 5.32 Å². The normalized spacial score (nSPS) is 15.9. The monoisotopic (exact) mass is 304 g/mol.